The fourth-order valence-electron chi connectivity index (χ4n) is 1.94. The van der Waals surface area contributed by atoms with Gasteiger partial charge in [-0.05, 0) is 25.5 Å². The molecule has 6 nitrogen and oxygen atoms in total. The van der Waals surface area contributed by atoms with Crippen molar-refractivity contribution < 1.29 is 9.47 Å². The quantitative estimate of drug-likeness (QED) is 0.756. The summed E-state index contributed by atoms with van der Waals surface area (Å²) < 4.78 is 11.1. The van der Waals surface area contributed by atoms with Crippen molar-refractivity contribution in [3.8, 4) is 11.5 Å². The zero-order valence-corrected chi connectivity index (χ0v) is 13.3. The summed E-state index contributed by atoms with van der Waals surface area (Å²) in [6, 6.07) is 3.69. The van der Waals surface area contributed by atoms with Gasteiger partial charge in [-0.1, -0.05) is 13.3 Å². The molecule has 2 aromatic heterocycles. The van der Waals surface area contributed by atoms with Crippen LogP contribution in [-0.4, -0.2) is 28.6 Å². The molecule has 0 bridgehead atoms. The van der Waals surface area contributed by atoms with E-state index in [2.05, 4.69) is 27.2 Å². The minimum absolute atomic E-state index is 0.304. The van der Waals surface area contributed by atoms with E-state index in [4.69, 9.17) is 9.47 Å². The molecule has 118 valence electrons. The number of hydrogen-bond acceptors (Lipinski definition) is 6. The standard InChI is InChI=1S/C16H22N4O2/c1-4-5-8-18-16-15(10-19-12(2)20-16)22-11-13-14(21-3)7-6-9-17-13/h6-7,9-10H,4-5,8,11H2,1-3H3,(H,18,19,20). The molecule has 0 aliphatic rings. The Hall–Kier alpha value is -2.37. The van der Waals surface area contributed by atoms with Crippen LogP contribution >= 0.6 is 0 Å². The Kier molecular flexibility index (Phi) is 5.94. The maximum absolute atomic E-state index is 5.82. The van der Waals surface area contributed by atoms with E-state index in [1.165, 1.54) is 0 Å². The van der Waals surface area contributed by atoms with Gasteiger partial charge in [0.15, 0.2) is 11.6 Å². The maximum atomic E-state index is 5.82. The molecule has 2 aromatic rings. The lowest BCUT2D eigenvalue weighted by Crippen LogP contribution is -2.08. The van der Waals surface area contributed by atoms with Crippen molar-refractivity contribution in [1.29, 1.82) is 0 Å². The molecule has 0 fully saturated rings. The van der Waals surface area contributed by atoms with E-state index < -0.39 is 0 Å². The average molecular weight is 302 g/mol. The van der Waals surface area contributed by atoms with Crippen LogP contribution in [0.1, 0.15) is 31.3 Å². The van der Waals surface area contributed by atoms with Gasteiger partial charge in [0.2, 0.25) is 0 Å². The molecule has 6 heteroatoms. The molecule has 0 aliphatic carbocycles. The number of hydrogen-bond donors (Lipinski definition) is 1. The number of pyridine rings is 1. The lowest BCUT2D eigenvalue weighted by atomic mass is 10.3. The van der Waals surface area contributed by atoms with Crippen molar-refractivity contribution in [3.63, 3.8) is 0 Å². The highest BCUT2D eigenvalue weighted by atomic mass is 16.5. The van der Waals surface area contributed by atoms with Crippen LogP contribution < -0.4 is 14.8 Å². The summed E-state index contributed by atoms with van der Waals surface area (Å²) in [5.41, 5.74) is 0.741. The van der Waals surface area contributed by atoms with E-state index >= 15 is 0 Å². The number of unbranched alkanes of at least 4 members (excludes halogenated alkanes) is 1. The van der Waals surface area contributed by atoms with Crippen LogP contribution in [0.25, 0.3) is 0 Å². The SMILES string of the molecule is CCCCNc1nc(C)ncc1OCc1ncccc1OC. The summed E-state index contributed by atoms with van der Waals surface area (Å²) in [6.07, 6.45) is 5.61. The molecule has 22 heavy (non-hydrogen) atoms. The molecule has 0 saturated carbocycles. The smallest absolute Gasteiger partial charge is 0.180 e. The summed E-state index contributed by atoms with van der Waals surface area (Å²) >= 11 is 0. The summed E-state index contributed by atoms with van der Waals surface area (Å²) in [5, 5.41) is 3.29. The Balaban J connectivity index is 2.08. The van der Waals surface area contributed by atoms with Crippen LogP contribution in [0.4, 0.5) is 5.82 Å². The van der Waals surface area contributed by atoms with Gasteiger partial charge >= 0.3 is 0 Å². The predicted molar refractivity (Wildman–Crippen MR) is 85.3 cm³/mol. The summed E-state index contributed by atoms with van der Waals surface area (Å²) in [4.78, 5) is 12.9. The normalized spacial score (nSPS) is 10.3. The predicted octanol–water partition coefficient (Wildman–Crippen LogP) is 2.98. The Morgan fingerprint density at radius 2 is 2.09 bits per heavy atom. The summed E-state index contributed by atoms with van der Waals surface area (Å²) in [5.74, 6) is 2.75. The third-order valence-corrected chi connectivity index (χ3v) is 3.13. The first kappa shape index (κ1) is 16.0. The number of nitrogens with zero attached hydrogens (tertiary/aromatic N) is 3. The first-order chi connectivity index (χ1) is 10.7. The molecule has 2 heterocycles. The highest BCUT2D eigenvalue weighted by Gasteiger charge is 2.09. The van der Waals surface area contributed by atoms with Gasteiger partial charge in [0.05, 0.1) is 13.3 Å². The van der Waals surface area contributed by atoms with Crippen LogP contribution in [0.5, 0.6) is 11.5 Å². The highest BCUT2D eigenvalue weighted by Crippen LogP contribution is 2.23. The number of aryl methyl sites for hydroxylation is 1. The monoisotopic (exact) mass is 302 g/mol. The Morgan fingerprint density at radius 3 is 2.86 bits per heavy atom. The average Bonchev–Trinajstić information content (AvgIpc) is 2.54. The van der Waals surface area contributed by atoms with Crippen molar-refractivity contribution in [2.24, 2.45) is 0 Å². The lowest BCUT2D eigenvalue weighted by molar-refractivity contribution is 0.290. The molecule has 1 N–H and O–H groups in total. The molecular formula is C16H22N4O2. The van der Waals surface area contributed by atoms with Crippen molar-refractivity contribution in [2.75, 3.05) is 19.0 Å². The fourth-order valence-corrected chi connectivity index (χ4v) is 1.94. The van der Waals surface area contributed by atoms with Crippen molar-refractivity contribution in [1.82, 2.24) is 15.0 Å². The van der Waals surface area contributed by atoms with E-state index in [1.807, 2.05) is 19.1 Å². The second-order valence-corrected chi connectivity index (χ2v) is 4.85. The lowest BCUT2D eigenvalue weighted by Gasteiger charge is -2.13. The third kappa shape index (κ3) is 4.31. The number of aromatic nitrogens is 3. The molecule has 0 atom stereocenters. The number of rotatable bonds is 8. The van der Waals surface area contributed by atoms with Crippen molar-refractivity contribution in [3.05, 3.63) is 36.0 Å². The van der Waals surface area contributed by atoms with Crippen LogP contribution in [0.15, 0.2) is 24.5 Å². The van der Waals surface area contributed by atoms with Crippen molar-refractivity contribution in [2.45, 2.75) is 33.3 Å². The molecule has 2 rings (SSSR count). The molecule has 0 amide bonds. The summed E-state index contributed by atoms with van der Waals surface area (Å²) in [7, 11) is 1.62. The van der Waals surface area contributed by atoms with Gasteiger partial charge in [0, 0.05) is 12.7 Å². The molecule has 0 saturated heterocycles. The number of methoxy groups -OCH3 is 1. The second-order valence-electron chi connectivity index (χ2n) is 4.85. The minimum Gasteiger partial charge on any atom is -0.495 e. The molecule has 0 radical (unpaired) electrons. The van der Waals surface area contributed by atoms with E-state index in [0.29, 0.717) is 23.9 Å². The van der Waals surface area contributed by atoms with E-state index in [0.717, 1.165) is 30.9 Å². The largest absolute Gasteiger partial charge is 0.495 e. The zero-order valence-electron chi connectivity index (χ0n) is 13.3. The van der Waals surface area contributed by atoms with Gasteiger partial charge in [0.25, 0.3) is 0 Å². The topological polar surface area (TPSA) is 69.2 Å². The summed E-state index contributed by atoms with van der Waals surface area (Å²) in [6.45, 7) is 5.17. The van der Waals surface area contributed by atoms with E-state index in [-0.39, 0.29) is 0 Å². The molecular weight excluding hydrogens is 280 g/mol. The first-order valence-corrected chi connectivity index (χ1v) is 7.42. The minimum atomic E-state index is 0.304. The highest BCUT2D eigenvalue weighted by molar-refractivity contribution is 5.48. The van der Waals surface area contributed by atoms with E-state index in [9.17, 15) is 0 Å². The van der Waals surface area contributed by atoms with Gasteiger partial charge in [0.1, 0.15) is 23.9 Å². The molecule has 0 unspecified atom stereocenters. The Bertz CT molecular complexity index is 604. The Morgan fingerprint density at radius 1 is 1.23 bits per heavy atom. The van der Waals surface area contributed by atoms with E-state index in [1.54, 1.807) is 19.5 Å². The molecule has 0 aromatic carbocycles. The molecule has 0 aliphatic heterocycles. The van der Waals surface area contributed by atoms with Crippen LogP contribution in [0.2, 0.25) is 0 Å². The second kappa shape index (κ2) is 8.17. The molecule has 0 spiro atoms. The van der Waals surface area contributed by atoms with Gasteiger partial charge in [-0.2, -0.15) is 0 Å². The van der Waals surface area contributed by atoms with Gasteiger partial charge < -0.3 is 14.8 Å². The first-order valence-electron chi connectivity index (χ1n) is 7.42. The van der Waals surface area contributed by atoms with Gasteiger partial charge in [-0.15, -0.1) is 0 Å². The van der Waals surface area contributed by atoms with Gasteiger partial charge in [-0.25, -0.2) is 9.97 Å². The van der Waals surface area contributed by atoms with Gasteiger partial charge in [-0.3, -0.25) is 4.98 Å². The number of ether oxygens (including phenoxy) is 2. The zero-order chi connectivity index (χ0) is 15.8. The number of nitrogens with one attached hydrogen (secondary N) is 1. The van der Waals surface area contributed by atoms with Crippen LogP contribution in [0.3, 0.4) is 0 Å². The fraction of sp³-hybridized carbons (Fsp3) is 0.438. The van der Waals surface area contributed by atoms with Crippen LogP contribution in [0, 0.1) is 6.92 Å². The third-order valence-electron chi connectivity index (χ3n) is 3.13. The van der Waals surface area contributed by atoms with Crippen molar-refractivity contribution >= 4 is 5.82 Å². The number of anilines is 1. The maximum Gasteiger partial charge on any atom is 0.180 e. The van der Waals surface area contributed by atoms with Crippen LogP contribution in [-0.2, 0) is 6.61 Å². The Labute approximate surface area is 130 Å².